The molecule has 0 saturated carbocycles. The van der Waals surface area contributed by atoms with Gasteiger partial charge < -0.3 is 18.9 Å². The Kier molecular flexibility index (Phi) is 9.55. The highest BCUT2D eigenvalue weighted by molar-refractivity contribution is 7.92. The Bertz CT molecular complexity index is 1390. The maximum absolute atomic E-state index is 13.7. The van der Waals surface area contributed by atoms with Gasteiger partial charge in [-0.1, -0.05) is 25.1 Å². The Morgan fingerprint density at radius 1 is 0.816 bits per heavy atom. The van der Waals surface area contributed by atoms with E-state index in [2.05, 4.69) is 10.5 Å². The molecule has 1 N–H and O–H groups in total. The van der Waals surface area contributed by atoms with Gasteiger partial charge in [-0.15, -0.1) is 0 Å². The molecule has 0 bridgehead atoms. The van der Waals surface area contributed by atoms with Gasteiger partial charge in [-0.3, -0.25) is 9.10 Å². The van der Waals surface area contributed by atoms with Crippen molar-refractivity contribution in [1.82, 2.24) is 5.43 Å². The van der Waals surface area contributed by atoms with Crippen molar-refractivity contribution in [3.8, 4) is 23.0 Å². The minimum atomic E-state index is -4.16. The average Bonchev–Trinajstić information content (AvgIpc) is 2.95. The van der Waals surface area contributed by atoms with Gasteiger partial charge in [0.25, 0.3) is 15.9 Å². The molecule has 0 aliphatic rings. The fourth-order valence-electron chi connectivity index (χ4n) is 3.67. The van der Waals surface area contributed by atoms with Crippen LogP contribution in [-0.4, -0.2) is 55.0 Å². The van der Waals surface area contributed by atoms with Crippen LogP contribution in [0.4, 0.5) is 5.69 Å². The fourth-order valence-corrected chi connectivity index (χ4v) is 5.11. The zero-order valence-electron chi connectivity index (χ0n) is 21.9. The molecule has 0 aromatic heterocycles. The van der Waals surface area contributed by atoms with E-state index in [1.54, 1.807) is 55.6 Å². The summed E-state index contributed by atoms with van der Waals surface area (Å²) in [5.74, 6) is 1.10. The topological polar surface area (TPSA) is 116 Å². The van der Waals surface area contributed by atoms with Gasteiger partial charge in [0.2, 0.25) is 0 Å². The second kappa shape index (κ2) is 12.8. The van der Waals surface area contributed by atoms with Gasteiger partial charge in [0, 0.05) is 11.6 Å². The van der Waals surface area contributed by atoms with Crippen LogP contribution in [-0.2, 0) is 14.8 Å². The van der Waals surface area contributed by atoms with E-state index in [1.807, 2.05) is 6.92 Å². The molecule has 202 valence electrons. The van der Waals surface area contributed by atoms with Crippen molar-refractivity contribution in [3.63, 3.8) is 0 Å². The van der Waals surface area contributed by atoms with Crippen molar-refractivity contribution >= 4 is 27.3 Å². The van der Waals surface area contributed by atoms with Gasteiger partial charge in [0.15, 0.2) is 23.0 Å². The number of amides is 1. The number of hydrogen-bond donors (Lipinski definition) is 1. The molecule has 1 amide bonds. The summed E-state index contributed by atoms with van der Waals surface area (Å²) in [6.45, 7) is 1.38. The molecule has 11 heteroatoms. The molecular formula is C27H31N3O7S. The first-order valence-electron chi connectivity index (χ1n) is 11.7. The summed E-state index contributed by atoms with van der Waals surface area (Å²) in [7, 11) is 1.79. The third-order valence-electron chi connectivity index (χ3n) is 5.64. The van der Waals surface area contributed by atoms with Crippen LogP contribution < -0.4 is 28.7 Å². The van der Waals surface area contributed by atoms with Gasteiger partial charge in [-0.05, 0) is 48.9 Å². The molecule has 38 heavy (non-hydrogen) atoms. The zero-order chi connectivity index (χ0) is 27.7. The third-order valence-corrected chi connectivity index (χ3v) is 7.41. The molecule has 0 unspecified atom stereocenters. The summed E-state index contributed by atoms with van der Waals surface area (Å²) in [5, 5.41) is 4.26. The SMILES string of the molecule is CC/C(=N/NC(=O)CN(c1ccccc1)S(=O)(=O)c1ccc(OC)c(OC)c1)c1ccc(OC)c(OC)c1. The zero-order valence-corrected chi connectivity index (χ0v) is 22.7. The molecule has 0 aliphatic carbocycles. The molecule has 0 aliphatic heterocycles. The molecule has 0 saturated heterocycles. The van der Waals surface area contributed by atoms with Crippen LogP contribution in [0.2, 0.25) is 0 Å². The Morgan fingerprint density at radius 2 is 1.39 bits per heavy atom. The number of rotatable bonds is 12. The summed E-state index contributed by atoms with van der Waals surface area (Å²) in [6.07, 6.45) is 0.502. The van der Waals surface area contributed by atoms with E-state index in [4.69, 9.17) is 18.9 Å². The Morgan fingerprint density at radius 3 is 1.97 bits per heavy atom. The standard InChI is InChI=1S/C27H31N3O7S/c1-6-22(19-12-14-23(34-2)25(16-19)36-4)28-29-27(31)18-30(20-10-8-7-9-11-20)38(32,33)21-13-15-24(35-3)26(17-21)37-5/h7-17H,6,18H2,1-5H3,(H,29,31)/b28-22-. The van der Waals surface area contributed by atoms with Crippen LogP contribution in [0.1, 0.15) is 18.9 Å². The molecule has 0 spiro atoms. The minimum absolute atomic E-state index is 0.0603. The molecule has 10 nitrogen and oxygen atoms in total. The maximum Gasteiger partial charge on any atom is 0.264 e. The molecule has 0 heterocycles. The van der Waals surface area contributed by atoms with Crippen molar-refractivity contribution in [2.75, 3.05) is 39.3 Å². The number of carbonyl (C=O) groups is 1. The third kappa shape index (κ3) is 6.35. The number of para-hydroxylation sites is 1. The van der Waals surface area contributed by atoms with Gasteiger partial charge in [0.1, 0.15) is 6.54 Å². The summed E-state index contributed by atoms with van der Waals surface area (Å²) in [5.41, 5.74) is 4.11. The molecule has 0 fully saturated rings. The van der Waals surface area contributed by atoms with Crippen molar-refractivity contribution in [1.29, 1.82) is 0 Å². The quantitative estimate of drug-likeness (QED) is 0.274. The van der Waals surface area contributed by atoms with Crippen LogP contribution in [0.5, 0.6) is 23.0 Å². The highest BCUT2D eigenvalue weighted by Gasteiger charge is 2.28. The highest BCUT2D eigenvalue weighted by Crippen LogP contribution is 2.32. The smallest absolute Gasteiger partial charge is 0.264 e. The molecule has 3 rings (SSSR count). The molecule has 0 radical (unpaired) electrons. The Hall–Kier alpha value is -4.25. The summed E-state index contributed by atoms with van der Waals surface area (Å²) in [4.78, 5) is 12.9. The first-order valence-corrected chi connectivity index (χ1v) is 13.1. The molecule has 3 aromatic carbocycles. The first-order chi connectivity index (χ1) is 18.3. The van der Waals surface area contributed by atoms with Crippen LogP contribution in [0, 0.1) is 0 Å². The number of carbonyl (C=O) groups excluding carboxylic acids is 1. The van der Waals surface area contributed by atoms with E-state index in [9.17, 15) is 13.2 Å². The number of hydrazone groups is 1. The van der Waals surface area contributed by atoms with Crippen molar-refractivity contribution in [2.45, 2.75) is 18.2 Å². The van der Waals surface area contributed by atoms with Crippen molar-refractivity contribution in [2.24, 2.45) is 5.10 Å². The van der Waals surface area contributed by atoms with Crippen molar-refractivity contribution < 1.29 is 32.2 Å². The average molecular weight is 542 g/mol. The lowest BCUT2D eigenvalue weighted by atomic mass is 10.1. The molecule has 3 aromatic rings. The Balaban J connectivity index is 1.91. The summed E-state index contributed by atoms with van der Waals surface area (Å²) >= 11 is 0. The number of methoxy groups -OCH3 is 4. The van der Waals surface area contributed by atoms with Crippen LogP contribution >= 0.6 is 0 Å². The van der Waals surface area contributed by atoms with Crippen molar-refractivity contribution in [3.05, 3.63) is 72.3 Å². The fraction of sp³-hybridized carbons (Fsp3) is 0.259. The van der Waals surface area contributed by atoms with Crippen LogP contribution in [0.15, 0.2) is 76.7 Å². The summed E-state index contributed by atoms with van der Waals surface area (Å²) in [6, 6.07) is 17.9. The summed E-state index contributed by atoms with van der Waals surface area (Å²) < 4.78 is 49.5. The number of sulfonamides is 1. The number of anilines is 1. The molecular weight excluding hydrogens is 510 g/mol. The predicted octanol–water partition coefficient (Wildman–Crippen LogP) is 3.85. The molecule has 0 atom stereocenters. The van der Waals surface area contributed by atoms with E-state index in [1.165, 1.54) is 39.5 Å². The van der Waals surface area contributed by atoms with Gasteiger partial charge in [0.05, 0.1) is 44.7 Å². The maximum atomic E-state index is 13.7. The number of nitrogens with one attached hydrogen (secondary N) is 1. The van der Waals surface area contributed by atoms with Crippen LogP contribution in [0.3, 0.4) is 0 Å². The number of benzene rings is 3. The van der Waals surface area contributed by atoms with Gasteiger partial charge in [-0.25, -0.2) is 13.8 Å². The lowest BCUT2D eigenvalue weighted by molar-refractivity contribution is -0.119. The van der Waals surface area contributed by atoms with Gasteiger partial charge in [-0.2, -0.15) is 5.10 Å². The monoisotopic (exact) mass is 541 g/mol. The normalized spacial score (nSPS) is 11.4. The number of hydrogen-bond acceptors (Lipinski definition) is 8. The lowest BCUT2D eigenvalue weighted by Crippen LogP contribution is -2.39. The lowest BCUT2D eigenvalue weighted by Gasteiger charge is -2.24. The largest absolute Gasteiger partial charge is 0.493 e. The van der Waals surface area contributed by atoms with E-state index in [0.717, 1.165) is 9.87 Å². The second-order valence-electron chi connectivity index (χ2n) is 7.88. The second-order valence-corrected chi connectivity index (χ2v) is 9.74. The van der Waals surface area contributed by atoms with E-state index in [0.29, 0.717) is 35.1 Å². The Labute approximate surface area is 222 Å². The number of ether oxygens (including phenoxy) is 4. The minimum Gasteiger partial charge on any atom is -0.493 e. The highest BCUT2D eigenvalue weighted by atomic mass is 32.2. The van der Waals surface area contributed by atoms with Crippen LogP contribution in [0.25, 0.3) is 0 Å². The van der Waals surface area contributed by atoms with Gasteiger partial charge >= 0.3 is 0 Å². The van der Waals surface area contributed by atoms with E-state index in [-0.39, 0.29) is 10.6 Å². The predicted molar refractivity (Wildman–Crippen MR) is 145 cm³/mol. The number of nitrogens with zero attached hydrogens (tertiary/aromatic N) is 2. The first kappa shape index (κ1) is 28.3. The van der Waals surface area contributed by atoms with E-state index >= 15 is 0 Å². The van der Waals surface area contributed by atoms with E-state index < -0.39 is 22.5 Å².